The van der Waals surface area contributed by atoms with Gasteiger partial charge in [0.2, 0.25) is 0 Å². The summed E-state index contributed by atoms with van der Waals surface area (Å²) in [7, 11) is 0. The number of nitrogens with one attached hydrogen (secondary N) is 1. The number of pyridine rings is 1. The molecule has 2 aromatic carbocycles. The van der Waals surface area contributed by atoms with Crippen LogP contribution in [0.1, 0.15) is 21.6 Å². The molecule has 3 aromatic rings. The van der Waals surface area contributed by atoms with Gasteiger partial charge in [-0.25, -0.2) is 4.79 Å². The van der Waals surface area contributed by atoms with Gasteiger partial charge < -0.3 is 14.8 Å². The summed E-state index contributed by atoms with van der Waals surface area (Å²) in [4.78, 5) is 29.0. The van der Waals surface area contributed by atoms with Gasteiger partial charge in [0.1, 0.15) is 5.75 Å². The van der Waals surface area contributed by atoms with Crippen LogP contribution in [0.25, 0.3) is 10.9 Å². The number of carbonyl (C=O) groups excluding carboxylic acids is 2. The lowest BCUT2D eigenvalue weighted by atomic mass is 10.1. The van der Waals surface area contributed by atoms with Crippen molar-refractivity contribution in [2.24, 2.45) is 0 Å². The number of esters is 1. The van der Waals surface area contributed by atoms with Gasteiger partial charge in [-0.05, 0) is 44.2 Å². The molecule has 0 atom stereocenters. The number of anilines is 1. The topological polar surface area (TPSA) is 77.5 Å². The molecule has 0 spiro atoms. The molecule has 8 heteroatoms. The highest BCUT2D eigenvalue weighted by Gasteiger charge is 2.17. The van der Waals surface area contributed by atoms with E-state index < -0.39 is 25.1 Å². The number of carbonyl (C=O) groups is 2. The predicted octanol–water partition coefficient (Wildman–Crippen LogP) is 4.25. The van der Waals surface area contributed by atoms with Crippen molar-refractivity contribution in [2.75, 3.05) is 11.9 Å². The summed E-state index contributed by atoms with van der Waals surface area (Å²) in [5.74, 6) is -1.55. The number of aryl methyl sites for hydroxylation is 2. The summed E-state index contributed by atoms with van der Waals surface area (Å²) in [5.41, 5.74) is 2.58. The van der Waals surface area contributed by atoms with Gasteiger partial charge in [0.25, 0.3) is 5.91 Å². The number of nitrogens with zero attached hydrogens (tertiary/aromatic N) is 1. The van der Waals surface area contributed by atoms with Gasteiger partial charge in [-0.3, -0.25) is 9.78 Å². The normalized spacial score (nSPS) is 10.8. The van der Waals surface area contributed by atoms with E-state index in [0.717, 1.165) is 5.56 Å². The molecule has 1 aromatic heterocycles. The number of amides is 1. The largest absolute Gasteiger partial charge is 0.452 e. The first-order chi connectivity index (χ1) is 13.8. The number of hydrogen-bond acceptors (Lipinski definition) is 5. The number of para-hydroxylation sites is 2. The van der Waals surface area contributed by atoms with Crippen LogP contribution in [-0.2, 0) is 9.53 Å². The van der Waals surface area contributed by atoms with Crippen LogP contribution >= 0.6 is 0 Å². The Bertz CT molecular complexity index is 1070. The molecule has 1 heterocycles. The molecular formula is C21H18F2N2O4. The molecule has 0 aliphatic carbocycles. The van der Waals surface area contributed by atoms with E-state index >= 15 is 0 Å². The predicted molar refractivity (Wildman–Crippen MR) is 103 cm³/mol. The number of alkyl halides is 2. The molecule has 0 aliphatic rings. The first-order valence-electron chi connectivity index (χ1n) is 8.72. The Labute approximate surface area is 165 Å². The first kappa shape index (κ1) is 20.2. The zero-order valence-corrected chi connectivity index (χ0v) is 15.7. The van der Waals surface area contributed by atoms with E-state index in [1.54, 1.807) is 25.1 Å². The van der Waals surface area contributed by atoms with E-state index in [0.29, 0.717) is 22.2 Å². The zero-order valence-electron chi connectivity index (χ0n) is 15.7. The number of fused-ring (bicyclic) bond motifs is 1. The van der Waals surface area contributed by atoms with Crippen LogP contribution < -0.4 is 10.1 Å². The van der Waals surface area contributed by atoms with Crippen molar-refractivity contribution in [2.45, 2.75) is 20.5 Å². The SMILES string of the molecule is Cc1ccc2nc(C)cc(C(=O)OCC(=O)Nc3ccccc3OC(F)F)c2c1. The van der Waals surface area contributed by atoms with Gasteiger partial charge in [-0.1, -0.05) is 23.8 Å². The molecule has 0 bridgehead atoms. The Hall–Kier alpha value is -3.55. The Balaban J connectivity index is 1.71. The van der Waals surface area contributed by atoms with Gasteiger partial charge >= 0.3 is 12.6 Å². The summed E-state index contributed by atoms with van der Waals surface area (Å²) in [6.07, 6.45) is 0. The molecule has 0 unspecified atom stereocenters. The van der Waals surface area contributed by atoms with Crippen LogP contribution in [0, 0.1) is 13.8 Å². The number of hydrogen-bond donors (Lipinski definition) is 1. The second kappa shape index (κ2) is 8.64. The Morgan fingerprint density at radius 2 is 1.86 bits per heavy atom. The molecule has 1 N–H and O–H groups in total. The average Bonchev–Trinajstić information content (AvgIpc) is 2.67. The van der Waals surface area contributed by atoms with Crippen molar-refractivity contribution in [3.63, 3.8) is 0 Å². The summed E-state index contributed by atoms with van der Waals surface area (Å²) < 4.78 is 34.4. The lowest BCUT2D eigenvalue weighted by Gasteiger charge is -2.12. The minimum atomic E-state index is -3.03. The maximum absolute atomic E-state index is 12.5. The van der Waals surface area contributed by atoms with Crippen LogP contribution in [0.15, 0.2) is 48.5 Å². The highest BCUT2D eigenvalue weighted by molar-refractivity contribution is 6.04. The molecule has 0 saturated carbocycles. The lowest BCUT2D eigenvalue weighted by Crippen LogP contribution is -2.21. The molecule has 29 heavy (non-hydrogen) atoms. The van der Waals surface area contributed by atoms with Gasteiger partial charge in [0, 0.05) is 11.1 Å². The third-order valence-corrected chi connectivity index (χ3v) is 4.02. The zero-order chi connectivity index (χ0) is 21.0. The van der Waals surface area contributed by atoms with Crippen LogP contribution in [0.3, 0.4) is 0 Å². The quantitative estimate of drug-likeness (QED) is 0.626. The van der Waals surface area contributed by atoms with Crippen molar-refractivity contribution in [3.8, 4) is 5.75 Å². The van der Waals surface area contributed by atoms with E-state index in [-0.39, 0.29) is 11.4 Å². The second-order valence-corrected chi connectivity index (χ2v) is 6.33. The van der Waals surface area contributed by atoms with Crippen LogP contribution in [0.5, 0.6) is 5.75 Å². The van der Waals surface area contributed by atoms with Crippen molar-refractivity contribution in [1.29, 1.82) is 0 Å². The highest BCUT2D eigenvalue weighted by Crippen LogP contribution is 2.25. The molecule has 0 saturated heterocycles. The van der Waals surface area contributed by atoms with E-state index in [9.17, 15) is 18.4 Å². The summed E-state index contributed by atoms with van der Waals surface area (Å²) in [6.45, 7) is 0.0255. The maximum atomic E-state index is 12.5. The minimum absolute atomic E-state index is 0.0506. The molecule has 3 rings (SSSR count). The van der Waals surface area contributed by atoms with E-state index in [1.807, 2.05) is 19.1 Å². The van der Waals surface area contributed by atoms with E-state index in [2.05, 4.69) is 15.0 Å². The summed E-state index contributed by atoms with van der Waals surface area (Å²) >= 11 is 0. The van der Waals surface area contributed by atoms with Crippen molar-refractivity contribution in [3.05, 3.63) is 65.4 Å². The standard InChI is InChI=1S/C21H18F2N2O4/c1-12-7-8-16-14(9-12)15(10-13(2)24-16)20(27)28-11-19(26)25-17-5-3-4-6-18(17)29-21(22)23/h3-10,21H,11H2,1-2H3,(H,25,26). The Morgan fingerprint density at radius 3 is 2.62 bits per heavy atom. The van der Waals surface area contributed by atoms with Gasteiger partial charge in [-0.2, -0.15) is 8.78 Å². The average molecular weight is 400 g/mol. The van der Waals surface area contributed by atoms with Gasteiger partial charge in [0.05, 0.1) is 16.8 Å². The number of halogens is 2. The van der Waals surface area contributed by atoms with Crippen LogP contribution in [-0.4, -0.2) is 30.1 Å². The maximum Gasteiger partial charge on any atom is 0.387 e. The number of aromatic nitrogens is 1. The lowest BCUT2D eigenvalue weighted by molar-refractivity contribution is -0.119. The molecule has 1 amide bonds. The van der Waals surface area contributed by atoms with Crippen molar-refractivity contribution >= 4 is 28.5 Å². The van der Waals surface area contributed by atoms with Crippen LogP contribution in [0.4, 0.5) is 14.5 Å². The fourth-order valence-corrected chi connectivity index (χ4v) is 2.80. The fraction of sp³-hybridized carbons (Fsp3) is 0.190. The molecular weight excluding hydrogens is 382 g/mol. The number of rotatable bonds is 6. The molecule has 6 nitrogen and oxygen atoms in total. The highest BCUT2D eigenvalue weighted by atomic mass is 19.3. The first-order valence-corrected chi connectivity index (χ1v) is 8.72. The number of benzene rings is 2. The fourth-order valence-electron chi connectivity index (χ4n) is 2.80. The minimum Gasteiger partial charge on any atom is -0.452 e. The second-order valence-electron chi connectivity index (χ2n) is 6.33. The van der Waals surface area contributed by atoms with Crippen molar-refractivity contribution < 1.29 is 27.8 Å². The van der Waals surface area contributed by atoms with E-state index in [1.165, 1.54) is 18.2 Å². The smallest absolute Gasteiger partial charge is 0.387 e. The third kappa shape index (κ3) is 5.04. The molecule has 0 radical (unpaired) electrons. The molecule has 0 aliphatic heterocycles. The number of ether oxygens (including phenoxy) is 2. The third-order valence-electron chi connectivity index (χ3n) is 4.02. The monoisotopic (exact) mass is 400 g/mol. The van der Waals surface area contributed by atoms with E-state index in [4.69, 9.17) is 4.74 Å². The summed E-state index contributed by atoms with van der Waals surface area (Å²) in [5, 5.41) is 3.02. The van der Waals surface area contributed by atoms with Crippen molar-refractivity contribution in [1.82, 2.24) is 4.98 Å². The molecule has 0 fully saturated rings. The Kier molecular flexibility index (Phi) is 6.01. The summed E-state index contributed by atoms with van der Waals surface area (Å²) in [6, 6.07) is 12.8. The van der Waals surface area contributed by atoms with Gasteiger partial charge in [0.15, 0.2) is 6.61 Å². The van der Waals surface area contributed by atoms with Crippen LogP contribution in [0.2, 0.25) is 0 Å². The Morgan fingerprint density at radius 1 is 1.10 bits per heavy atom. The molecule has 150 valence electrons. The van der Waals surface area contributed by atoms with Gasteiger partial charge in [-0.15, -0.1) is 0 Å².